The van der Waals surface area contributed by atoms with Crippen molar-refractivity contribution >= 4 is 23.2 Å². The molecule has 0 aromatic heterocycles. The Morgan fingerprint density at radius 1 is 1.33 bits per heavy atom. The quantitative estimate of drug-likeness (QED) is 0.598. The van der Waals surface area contributed by atoms with E-state index in [0.29, 0.717) is 23.7 Å². The van der Waals surface area contributed by atoms with Crippen molar-refractivity contribution in [3.8, 4) is 5.75 Å². The molecule has 7 nitrogen and oxygen atoms in total. The number of nitrogens with two attached hydrogens (primary N) is 1. The molecule has 0 unspecified atom stereocenters. The number of hydrogen-bond donors (Lipinski definition) is 2. The number of nitrogens with one attached hydrogen (secondary N) is 1. The van der Waals surface area contributed by atoms with Crippen LogP contribution in [0.25, 0.3) is 0 Å². The molecule has 0 atom stereocenters. The number of nitrogen functional groups attached to an aromatic ring is 1. The number of ether oxygens (including phenoxy) is 1. The highest BCUT2D eigenvalue weighted by Crippen LogP contribution is 2.24. The molecule has 24 heavy (non-hydrogen) atoms. The summed E-state index contributed by atoms with van der Waals surface area (Å²) in [5.74, 6) is 0.454. The Morgan fingerprint density at radius 2 is 2.04 bits per heavy atom. The van der Waals surface area contributed by atoms with E-state index < -0.39 is 0 Å². The minimum atomic E-state index is -0.317. The fourth-order valence-corrected chi connectivity index (χ4v) is 2.50. The van der Waals surface area contributed by atoms with Crippen molar-refractivity contribution in [1.29, 1.82) is 0 Å². The first kappa shape index (κ1) is 17.8. The van der Waals surface area contributed by atoms with E-state index in [-0.39, 0.29) is 11.8 Å². The average Bonchev–Trinajstić information content (AvgIpc) is 2.58. The number of rotatable bonds is 6. The number of anilines is 2. The van der Waals surface area contributed by atoms with E-state index in [0.717, 1.165) is 32.7 Å². The molecule has 7 heteroatoms. The number of benzene rings is 1. The van der Waals surface area contributed by atoms with E-state index in [4.69, 9.17) is 10.5 Å². The summed E-state index contributed by atoms with van der Waals surface area (Å²) in [6, 6.07) is 5.16. The molecule has 1 aromatic carbocycles. The largest absolute Gasteiger partial charge is 0.492 e. The fraction of sp³-hybridized carbons (Fsp3) is 0.412. The maximum absolute atomic E-state index is 11.4. The lowest BCUT2D eigenvalue weighted by Gasteiger charge is -2.34. The van der Waals surface area contributed by atoms with E-state index in [1.165, 1.54) is 6.08 Å². The minimum absolute atomic E-state index is 0.127. The second-order valence-electron chi connectivity index (χ2n) is 5.64. The Balaban J connectivity index is 1.80. The molecule has 3 N–H and O–H groups in total. The Hall–Kier alpha value is -2.54. The van der Waals surface area contributed by atoms with Crippen LogP contribution in [0.5, 0.6) is 5.75 Å². The highest BCUT2D eigenvalue weighted by molar-refractivity contribution is 6.01. The van der Waals surface area contributed by atoms with Gasteiger partial charge in [0.15, 0.2) is 0 Å². The van der Waals surface area contributed by atoms with Gasteiger partial charge >= 0.3 is 0 Å². The average molecular weight is 332 g/mol. The van der Waals surface area contributed by atoms with Crippen molar-refractivity contribution in [3.05, 3.63) is 30.9 Å². The monoisotopic (exact) mass is 332 g/mol. The van der Waals surface area contributed by atoms with Crippen LogP contribution in [0, 0.1) is 0 Å². The van der Waals surface area contributed by atoms with Gasteiger partial charge in [-0.25, -0.2) is 0 Å². The van der Waals surface area contributed by atoms with Gasteiger partial charge in [0.2, 0.25) is 11.8 Å². The number of amides is 2. The van der Waals surface area contributed by atoms with Crippen LogP contribution in [0.2, 0.25) is 0 Å². The highest BCUT2D eigenvalue weighted by atomic mass is 16.5. The summed E-state index contributed by atoms with van der Waals surface area (Å²) >= 11 is 0. The van der Waals surface area contributed by atoms with Crippen LogP contribution in [0.1, 0.15) is 6.92 Å². The molecule has 1 fully saturated rings. The Labute approximate surface area is 142 Å². The van der Waals surface area contributed by atoms with Crippen molar-refractivity contribution in [3.63, 3.8) is 0 Å². The normalized spacial score (nSPS) is 15.0. The van der Waals surface area contributed by atoms with Crippen LogP contribution in [0.15, 0.2) is 30.9 Å². The molecule has 130 valence electrons. The molecular weight excluding hydrogens is 308 g/mol. The minimum Gasteiger partial charge on any atom is -0.492 e. The number of carbonyl (C=O) groups excluding carboxylic acids is 2. The van der Waals surface area contributed by atoms with Crippen molar-refractivity contribution < 1.29 is 14.3 Å². The van der Waals surface area contributed by atoms with Crippen molar-refractivity contribution in [2.75, 3.05) is 50.4 Å². The second kappa shape index (κ2) is 8.35. The molecule has 2 rings (SSSR count). The van der Waals surface area contributed by atoms with Crippen LogP contribution in [-0.4, -0.2) is 60.9 Å². The van der Waals surface area contributed by atoms with Gasteiger partial charge in [-0.2, -0.15) is 0 Å². The fourth-order valence-electron chi connectivity index (χ4n) is 2.50. The molecular formula is C17H24N4O3. The van der Waals surface area contributed by atoms with Crippen molar-refractivity contribution in [2.24, 2.45) is 0 Å². The van der Waals surface area contributed by atoms with E-state index in [1.807, 2.05) is 4.90 Å². The first-order valence-electron chi connectivity index (χ1n) is 7.93. The summed E-state index contributed by atoms with van der Waals surface area (Å²) in [5, 5.41) is 2.65. The number of carbonyl (C=O) groups is 2. The Bertz CT molecular complexity index is 610. The topological polar surface area (TPSA) is 87.9 Å². The maximum Gasteiger partial charge on any atom is 0.247 e. The summed E-state index contributed by atoms with van der Waals surface area (Å²) in [6.07, 6.45) is 1.19. The lowest BCUT2D eigenvalue weighted by molar-refractivity contribution is -0.130. The highest BCUT2D eigenvalue weighted by Gasteiger charge is 2.18. The number of piperazine rings is 1. The zero-order chi connectivity index (χ0) is 17.5. The van der Waals surface area contributed by atoms with Gasteiger partial charge in [0.05, 0.1) is 11.4 Å². The zero-order valence-corrected chi connectivity index (χ0v) is 14.0. The first-order valence-corrected chi connectivity index (χ1v) is 7.93. The van der Waals surface area contributed by atoms with Crippen LogP contribution < -0.4 is 15.8 Å². The second-order valence-corrected chi connectivity index (χ2v) is 5.64. The molecule has 1 saturated heterocycles. The van der Waals surface area contributed by atoms with E-state index in [9.17, 15) is 9.59 Å². The van der Waals surface area contributed by atoms with Crippen LogP contribution in [-0.2, 0) is 9.59 Å². The molecule has 0 saturated carbocycles. The summed E-state index contributed by atoms with van der Waals surface area (Å²) in [4.78, 5) is 26.8. The van der Waals surface area contributed by atoms with Gasteiger partial charge in [-0.3, -0.25) is 14.5 Å². The lowest BCUT2D eigenvalue weighted by Crippen LogP contribution is -2.48. The summed E-state index contributed by atoms with van der Waals surface area (Å²) in [7, 11) is 0. The summed E-state index contributed by atoms with van der Waals surface area (Å²) in [5.41, 5.74) is 6.81. The third-order valence-electron chi connectivity index (χ3n) is 3.96. The first-order chi connectivity index (χ1) is 11.5. The SMILES string of the molecule is C=CC(=O)Nc1cc(OCCN2CCN(C(C)=O)CC2)ccc1N. The van der Waals surface area contributed by atoms with Gasteiger partial charge in [0.1, 0.15) is 12.4 Å². The standard InChI is InChI=1S/C17H24N4O3/c1-3-17(23)19-16-12-14(4-5-15(16)18)24-11-10-20-6-8-21(9-7-20)13(2)22/h3-5,12H,1,6-11,18H2,2H3,(H,19,23). The molecule has 0 bridgehead atoms. The van der Waals surface area contributed by atoms with E-state index >= 15 is 0 Å². The van der Waals surface area contributed by atoms with E-state index in [1.54, 1.807) is 25.1 Å². The lowest BCUT2D eigenvalue weighted by atomic mass is 10.2. The van der Waals surface area contributed by atoms with Crippen LogP contribution in [0.4, 0.5) is 11.4 Å². The predicted octanol–water partition coefficient (Wildman–Crippen LogP) is 0.936. The molecule has 0 radical (unpaired) electrons. The van der Waals surface area contributed by atoms with E-state index in [2.05, 4.69) is 16.8 Å². The Kier molecular flexibility index (Phi) is 6.20. The zero-order valence-electron chi connectivity index (χ0n) is 14.0. The smallest absolute Gasteiger partial charge is 0.247 e. The predicted molar refractivity (Wildman–Crippen MR) is 93.9 cm³/mol. The van der Waals surface area contributed by atoms with Crippen LogP contribution in [0.3, 0.4) is 0 Å². The van der Waals surface area contributed by atoms with Crippen molar-refractivity contribution in [2.45, 2.75) is 6.92 Å². The maximum atomic E-state index is 11.4. The third kappa shape index (κ3) is 4.99. The van der Waals surface area contributed by atoms with Crippen molar-refractivity contribution in [1.82, 2.24) is 9.80 Å². The molecule has 1 aromatic rings. The molecule has 1 aliphatic heterocycles. The van der Waals surface area contributed by atoms with Crippen LogP contribution >= 0.6 is 0 Å². The van der Waals surface area contributed by atoms with Gasteiger partial charge in [0.25, 0.3) is 0 Å². The van der Waals surface area contributed by atoms with Gasteiger partial charge < -0.3 is 20.7 Å². The third-order valence-corrected chi connectivity index (χ3v) is 3.96. The van der Waals surface area contributed by atoms with Gasteiger partial charge in [-0.1, -0.05) is 6.58 Å². The molecule has 0 spiro atoms. The number of hydrogen-bond acceptors (Lipinski definition) is 5. The molecule has 0 aliphatic carbocycles. The van der Waals surface area contributed by atoms with Gasteiger partial charge in [-0.05, 0) is 18.2 Å². The summed E-state index contributed by atoms with van der Waals surface area (Å²) < 4.78 is 5.74. The molecule has 1 heterocycles. The molecule has 2 amide bonds. The number of nitrogens with zero attached hydrogens (tertiary/aromatic N) is 2. The van der Waals surface area contributed by atoms with Gasteiger partial charge in [-0.15, -0.1) is 0 Å². The molecule has 1 aliphatic rings. The Morgan fingerprint density at radius 3 is 2.67 bits per heavy atom. The summed E-state index contributed by atoms with van der Waals surface area (Å²) in [6.45, 7) is 9.54. The van der Waals surface area contributed by atoms with Gasteiger partial charge in [0, 0.05) is 45.7 Å².